The van der Waals surface area contributed by atoms with Crippen LogP contribution in [0.4, 0.5) is 0 Å². The third-order valence-corrected chi connectivity index (χ3v) is 0. The van der Waals surface area contributed by atoms with Crippen LogP contribution in [-0.4, -0.2) is 25.4 Å². The van der Waals surface area contributed by atoms with Crippen LogP contribution in [0.3, 0.4) is 0 Å². The molecule has 0 saturated carbocycles. The van der Waals surface area contributed by atoms with Crippen molar-refractivity contribution in [2.45, 2.75) is 0 Å². The molecule has 0 aromatic heterocycles. The molecule has 0 atom stereocenters. The van der Waals surface area contributed by atoms with Crippen LogP contribution in [0.2, 0.25) is 0 Å². The van der Waals surface area contributed by atoms with Gasteiger partial charge in [-0.15, -0.1) is 0 Å². The van der Waals surface area contributed by atoms with E-state index in [9.17, 15) is 0 Å². The molecule has 0 spiro atoms. The van der Waals surface area contributed by atoms with Crippen LogP contribution in [-0.2, 0) is 0 Å². The zero-order chi connectivity index (χ0) is 17.9. The molecule has 0 radical (unpaired) electrons. The van der Waals surface area contributed by atoms with Gasteiger partial charge in [-0.05, 0) is 0 Å². The van der Waals surface area contributed by atoms with Gasteiger partial charge >= 0.3 is 49.4 Å². The van der Waals surface area contributed by atoms with Crippen LogP contribution in [0.5, 0.6) is 0 Å². The zero-order valence-electron chi connectivity index (χ0n) is 10.7. The van der Waals surface area contributed by atoms with Gasteiger partial charge in [0, 0.05) is 0 Å². The van der Waals surface area contributed by atoms with Crippen molar-refractivity contribution < 1.29 is 74.8 Å². The molecule has 0 amide bonds. The van der Waals surface area contributed by atoms with E-state index in [2.05, 4.69) is 0 Å². The van der Waals surface area contributed by atoms with E-state index in [1.807, 2.05) is 0 Å². The first kappa shape index (κ1) is 49.9. The standard InChI is InChI=1S/Eu.5NO3.2H3N/c;5*2-1(3)4;;/h;;;;;;2*1H3/q+3;5*-1;;/p+2. The van der Waals surface area contributed by atoms with Crippen molar-refractivity contribution >= 4 is 0 Å². The minimum Gasteiger partial charge on any atom is -0.369 e. The average molecular weight is 498 g/mol. The van der Waals surface area contributed by atoms with E-state index in [-0.39, 0.29) is 61.7 Å². The summed E-state index contributed by atoms with van der Waals surface area (Å²) in [5.41, 5.74) is 0. The number of quaternary nitrogens is 2. The molecule has 0 heterocycles. The Labute approximate surface area is 163 Å². The fourth-order valence-corrected chi connectivity index (χ4v) is 0. The molecule has 0 fully saturated rings. The molecule has 0 aromatic carbocycles. The average Bonchev–Trinajstić information content (AvgIpc) is 1.94. The molecule has 0 rings (SSSR count). The van der Waals surface area contributed by atoms with Gasteiger partial charge in [0.1, 0.15) is 0 Å². The largest absolute Gasteiger partial charge is 3.00 e. The third kappa shape index (κ3) is 960. The molecule has 22 nitrogen and oxygen atoms in total. The van der Waals surface area contributed by atoms with Gasteiger partial charge in [-0.25, -0.2) is 0 Å². The number of nitrogens with zero attached hydrogens (tertiary/aromatic N) is 5. The second-order valence-electron chi connectivity index (χ2n) is 1.12. The third-order valence-electron chi connectivity index (χ3n) is 0. The molecule has 23 heavy (non-hydrogen) atoms. The van der Waals surface area contributed by atoms with Crippen LogP contribution in [0.1, 0.15) is 0 Å². The smallest absolute Gasteiger partial charge is 0.369 e. The monoisotopic (exact) mass is 499 g/mol. The Morgan fingerprint density at radius 2 is 0.348 bits per heavy atom. The van der Waals surface area contributed by atoms with E-state index in [1.165, 1.54) is 0 Å². The number of hydrogen-bond acceptors (Lipinski definition) is 15. The van der Waals surface area contributed by atoms with Gasteiger partial charge in [-0.2, -0.15) is 0 Å². The van der Waals surface area contributed by atoms with Gasteiger partial charge in [-0.1, -0.05) is 0 Å². The van der Waals surface area contributed by atoms with E-state index in [0.29, 0.717) is 0 Å². The molecule has 23 heteroatoms. The van der Waals surface area contributed by atoms with Gasteiger partial charge in [0.05, 0.1) is 25.4 Å². The Hall–Kier alpha value is -2.50. The molecule has 8 N–H and O–H groups in total. The summed E-state index contributed by atoms with van der Waals surface area (Å²) < 4.78 is 0. The van der Waals surface area contributed by atoms with Crippen molar-refractivity contribution in [2.75, 3.05) is 0 Å². The van der Waals surface area contributed by atoms with Crippen molar-refractivity contribution in [1.82, 2.24) is 12.3 Å². The molecule has 0 aliphatic carbocycles. The molecule has 0 unspecified atom stereocenters. The topological polar surface area (TPSA) is 404 Å². The van der Waals surface area contributed by atoms with Crippen LogP contribution >= 0.6 is 0 Å². The Kier molecular flexibility index (Phi) is 92.6. The van der Waals surface area contributed by atoms with E-state index < -0.39 is 25.4 Å². The van der Waals surface area contributed by atoms with Crippen LogP contribution < -0.4 is 12.3 Å². The molecular formula is H8EuN7O15. The van der Waals surface area contributed by atoms with Crippen molar-refractivity contribution in [1.29, 1.82) is 0 Å². The SMILES string of the molecule is O=[N+]([O-])[O-].O=[N+]([O-])[O-].O=[N+]([O-])[O-].O=[N+]([O-])[O-].O=[N+]([O-])[O-].[Eu+3].[NH4+].[NH4+]. The fourth-order valence-electron chi connectivity index (χ4n) is 0. The second kappa shape index (κ2) is 42.7. The summed E-state index contributed by atoms with van der Waals surface area (Å²) in [6, 6.07) is 0. The van der Waals surface area contributed by atoms with E-state index in [1.54, 1.807) is 0 Å². The normalized spacial score (nSPS) is 5.22. The number of hydrogen-bond donors (Lipinski definition) is 2. The predicted octanol–water partition coefficient (Wildman–Crippen LogP) is -0.443. The minimum absolute atomic E-state index is 0. The summed E-state index contributed by atoms with van der Waals surface area (Å²) in [5.74, 6) is 0. The maximum atomic E-state index is 8.25. The predicted molar refractivity (Wildman–Crippen MR) is 63.8 cm³/mol. The van der Waals surface area contributed by atoms with Gasteiger partial charge in [0.2, 0.25) is 0 Å². The van der Waals surface area contributed by atoms with Crippen molar-refractivity contribution in [3.63, 3.8) is 0 Å². The summed E-state index contributed by atoms with van der Waals surface area (Å²) in [4.78, 5) is 41.2. The van der Waals surface area contributed by atoms with Gasteiger partial charge in [-0.3, -0.25) is 0 Å². The molecule has 0 aliphatic heterocycles. The van der Waals surface area contributed by atoms with Gasteiger partial charge in [0.15, 0.2) is 0 Å². The summed E-state index contributed by atoms with van der Waals surface area (Å²) in [7, 11) is 0. The molecule has 0 saturated heterocycles. The summed E-state index contributed by atoms with van der Waals surface area (Å²) >= 11 is 0. The van der Waals surface area contributed by atoms with Crippen molar-refractivity contribution in [3.05, 3.63) is 76.6 Å². The van der Waals surface area contributed by atoms with Crippen LogP contribution in [0, 0.1) is 126 Å². The van der Waals surface area contributed by atoms with Gasteiger partial charge in [0.25, 0.3) is 0 Å². The first-order valence-electron chi connectivity index (χ1n) is 2.74. The number of rotatable bonds is 0. The van der Waals surface area contributed by atoms with E-state index in [0.717, 1.165) is 0 Å². The molecule has 0 aromatic rings. The Morgan fingerprint density at radius 3 is 0.348 bits per heavy atom. The molecule has 0 aliphatic rings. The van der Waals surface area contributed by atoms with E-state index >= 15 is 0 Å². The first-order chi connectivity index (χ1) is 8.66. The van der Waals surface area contributed by atoms with Crippen molar-refractivity contribution in [2.24, 2.45) is 0 Å². The maximum absolute atomic E-state index is 8.25. The molecule has 0 bridgehead atoms. The first-order valence-corrected chi connectivity index (χ1v) is 2.74. The van der Waals surface area contributed by atoms with Crippen molar-refractivity contribution in [3.8, 4) is 0 Å². The minimum atomic E-state index is -1.75. The summed E-state index contributed by atoms with van der Waals surface area (Å²) in [6.07, 6.45) is 0. The second-order valence-corrected chi connectivity index (χ2v) is 1.12. The maximum Gasteiger partial charge on any atom is 3.00 e. The Balaban J connectivity index is -0.0000000197. The Bertz CT molecular complexity index is 211. The molecular weight excluding hydrogens is 490 g/mol. The summed E-state index contributed by atoms with van der Waals surface area (Å²) in [6.45, 7) is 0. The quantitative estimate of drug-likeness (QED) is 0.315. The molecule has 140 valence electrons. The summed E-state index contributed by atoms with van der Waals surface area (Å²) in [5, 5.41) is 73.8. The van der Waals surface area contributed by atoms with Crippen LogP contribution in [0.25, 0.3) is 0 Å². The fraction of sp³-hybridized carbons (Fsp3) is 0. The Morgan fingerprint density at radius 1 is 0.348 bits per heavy atom. The van der Waals surface area contributed by atoms with Crippen LogP contribution in [0.15, 0.2) is 0 Å². The zero-order valence-corrected chi connectivity index (χ0v) is 13.2. The van der Waals surface area contributed by atoms with E-state index in [4.69, 9.17) is 76.6 Å². The van der Waals surface area contributed by atoms with Gasteiger partial charge < -0.3 is 88.9 Å².